The molecule has 3 nitrogen and oxygen atoms in total. The third-order valence-corrected chi connectivity index (χ3v) is 2.84. The van der Waals surface area contributed by atoms with Gasteiger partial charge in [0, 0.05) is 18.3 Å². The molecule has 0 aliphatic heterocycles. The molecule has 3 heteroatoms. The van der Waals surface area contributed by atoms with Crippen LogP contribution in [0.15, 0.2) is 24.3 Å². The van der Waals surface area contributed by atoms with Crippen LogP contribution in [0.1, 0.15) is 44.5 Å². The summed E-state index contributed by atoms with van der Waals surface area (Å²) < 4.78 is 5.10. The second kappa shape index (κ2) is 7.04. The number of carbonyl (C=O) groups excluding carboxylic acids is 1. The van der Waals surface area contributed by atoms with E-state index in [0.717, 1.165) is 18.7 Å². The van der Waals surface area contributed by atoms with Gasteiger partial charge in [0.25, 0.3) is 0 Å². The lowest BCUT2D eigenvalue weighted by atomic mass is 10.1. The maximum Gasteiger partial charge on any atom is 0.338 e. The summed E-state index contributed by atoms with van der Waals surface area (Å²) in [5, 5.41) is 0. The van der Waals surface area contributed by atoms with Crippen molar-refractivity contribution in [2.24, 2.45) is 0 Å². The molecule has 1 rings (SSSR count). The predicted octanol–water partition coefficient (Wildman–Crippen LogP) is 3.49. The molecule has 0 radical (unpaired) electrons. The molecule has 0 saturated carbocycles. The summed E-state index contributed by atoms with van der Waals surface area (Å²) in [4.78, 5) is 13.9. The standard InChI is InChI=1S/C15H23NO2/c1-5-11-18-15(17)13-7-9-14(10-8-13)16(6-2)12(3)4/h7-10,12H,5-6,11H2,1-4H3. The van der Waals surface area contributed by atoms with E-state index in [0.29, 0.717) is 18.2 Å². The van der Waals surface area contributed by atoms with Crippen LogP contribution in [0, 0.1) is 0 Å². The van der Waals surface area contributed by atoms with Gasteiger partial charge in [-0.3, -0.25) is 0 Å². The average Bonchev–Trinajstić information content (AvgIpc) is 2.37. The van der Waals surface area contributed by atoms with Crippen LogP contribution in [0.5, 0.6) is 0 Å². The van der Waals surface area contributed by atoms with Gasteiger partial charge in [0.15, 0.2) is 0 Å². The molecule has 0 N–H and O–H groups in total. The van der Waals surface area contributed by atoms with Gasteiger partial charge in [-0.25, -0.2) is 4.79 Å². The largest absolute Gasteiger partial charge is 0.462 e. The molecule has 0 aliphatic rings. The lowest BCUT2D eigenvalue weighted by molar-refractivity contribution is 0.0505. The number of ether oxygens (including phenoxy) is 1. The molecule has 0 fully saturated rings. The molecular formula is C15H23NO2. The van der Waals surface area contributed by atoms with Crippen LogP contribution in [-0.2, 0) is 4.74 Å². The van der Waals surface area contributed by atoms with E-state index in [2.05, 4.69) is 25.7 Å². The van der Waals surface area contributed by atoms with Crippen molar-refractivity contribution in [2.75, 3.05) is 18.1 Å². The Morgan fingerprint density at radius 3 is 2.28 bits per heavy atom. The van der Waals surface area contributed by atoms with Gasteiger partial charge in [-0.15, -0.1) is 0 Å². The van der Waals surface area contributed by atoms with E-state index >= 15 is 0 Å². The van der Waals surface area contributed by atoms with Gasteiger partial charge in [0.2, 0.25) is 0 Å². The highest BCUT2D eigenvalue weighted by molar-refractivity contribution is 5.89. The van der Waals surface area contributed by atoms with E-state index in [4.69, 9.17) is 4.74 Å². The van der Waals surface area contributed by atoms with E-state index in [1.165, 1.54) is 0 Å². The fourth-order valence-corrected chi connectivity index (χ4v) is 1.91. The van der Waals surface area contributed by atoms with Gasteiger partial charge >= 0.3 is 5.97 Å². The minimum atomic E-state index is -0.240. The summed E-state index contributed by atoms with van der Waals surface area (Å²) in [5.41, 5.74) is 1.76. The number of hydrogen-bond donors (Lipinski definition) is 0. The number of carbonyl (C=O) groups is 1. The third kappa shape index (κ3) is 3.76. The Bertz CT molecular complexity index is 371. The van der Waals surface area contributed by atoms with Crippen LogP contribution in [0.25, 0.3) is 0 Å². The van der Waals surface area contributed by atoms with E-state index in [1.807, 2.05) is 31.2 Å². The molecule has 0 spiro atoms. The van der Waals surface area contributed by atoms with Crippen molar-refractivity contribution in [3.05, 3.63) is 29.8 Å². The van der Waals surface area contributed by atoms with Crippen LogP contribution in [0.3, 0.4) is 0 Å². The fourth-order valence-electron chi connectivity index (χ4n) is 1.91. The molecule has 0 saturated heterocycles. The molecule has 0 aromatic heterocycles. The monoisotopic (exact) mass is 249 g/mol. The summed E-state index contributed by atoms with van der Waals surface area (Å²) in [6.07, 6.45) is 0.848. The molecule has 1 aromatic carbocycles. The van der Waals surface area contributed by atoms with Crippen molar-refractivity contribution in [3.63, 3.8) is 0 Å². The molecule has 100 valence electrons. The zero-order chi connectivity index (χ0) is 13.5. The smallest absolute Gasteiger partial charge is 0.338 e. The SMILES string of the molecule is CCCOC(=O)c1ccc(N(CC)C(C)C)cc1. The minimum Gasteiger partial charge on any atom is -0.462 e. The zero-order valence-electron chi connectivity index (χ0n) is 11.8. The second-order valence-electron chi connectivity index (χ2n) is 4.56. The van der Waals surface area contributed by atoms with Crippen molar-refractivity contribution in [1.82, 2.24) is 0 Å². The zero-order valence-corrected chi connectivity index (χ0v) is 11.8. The summed E-state index contributed by atoms with van der Waals surface area (Å²) >= 11 is 0. The molecule has 0 aliphatic carbocycles. The van der Waals surface area contributed by atoms with Crippen molar-refractivity contribution in [2.45, 2.75) is 40.2 Å². The highest BCUT2D eigenvalue weighted by atomic mass is 16.5. The van der Waals surface area contributed by atoms with Crippen molar-refractivity contribution in [1.29, 1.82) is 0 Å². The number of rotatable bonds is 6. The maximum atomic E-state index is 11.7. The van der Waals surface area contributed by atoms with Crippen LogP contribution in [-0.4, -0.2) is 25.2 Å². The number of esters is 1. The van der Waals surface area contributed by atoms with Gasteiger partial charge in [-0.05, 0) is 51.5 Å². The first-order valence-corrected chi connectivity index (χ1v) is 6.64. The second-order valence-corrected chi connectivity index (χ2v) is 4.56. The van der Waals surface area contributed by atoms with Crippen LogP contribution >= 0.6 is 0 Å². The molecule has 0 amide bonds. The molecule has 0 atom stereocenters. The van der Waals surface area contributed by atoms with Gasteiger partial charge in [0.1, 0.15) is 0 Å². The Labute approximate surface area is 110 Å². The van der Waals surface area contributed by atoms with Crippen molar-refractivity contribution >= 4 is 11.7 Å². The highest BCUT2D eigenvalue weighted by Gasteiger charge is 2.10. The molecule has 18 heavy (non-hydrogen) atoms. The molecule has 0 bridgehead atoms. The van der Waals surface area contributed by atoms with Gasteiger partial charge < -0.3 is 9.64 Å². The Morgan fingerprint density at radius 2 is 1.83 bits per heavy atom. The normalized spacial score (nSPS) is 10.5. The number of nitrogens with zero attached hydrogens (tertiary/aromatic N) is 1. The fraction of sp³-hybridized carbons (Fsp3) is 0.533. The Morgan fingerprint density at radius 1 is 1.22 bits per heavy atom. The van der Waals surface area contributed by atoms with Crippen LogP contribution in [0.2, 0.25) is 0 Å². The van der Waals surface area contributed by atoms with E-state index in [-0.39, 0.29) is 5.97 Å². The van der Waals surface area contributed by atoms with Crippen LogP contribution < -0.4 is 4.90 Å². The summed E-state index contributed by atoms with van der Waals surface area (Å²) in [6.45, 7) is 9.87. The van der Waals surface area contributed by atoms with Crippen LogP contribution in [0.4, 0.5) is 5.69 Å². The number of anilines is 1. The Balaban J connectivity index is 2.76. The molecular weight excluding hydrogens is 226 g/mol. The van der Waals surface area contributed by atoms with Gasteiger partial charge in [0.05, 0.1) is 12.2 Å². The first-order valence-electron chi connectivity index (χ1n) is 6.64. The predicted molar refractivity (Wildman–Crippen MR) is 75.2 cm³/mol. The van der Waals surface area contributed by atoms with Crippen molar-refractivity contribution in [3.8, 4) is 0 Å². The third-order valence-electron chi connectivity index (χ3n) is 2.84. The molecule has 1 aromatic rings. The molecule has 0 heterocycles. The number of benzene rings is 1. The lowest BCUT2D eigenvalue weighted by Gasteiger charge is -2.27. The summed E-state index contributed by atoms with van der Waals surface area (Å²) in [7, 11) is 0. The maximum absolute atomic E-state index is 11.7. The summed E-state index contributed by atoms with van der Waals surface area (Å²) in [5.74, 6) is -0.240. The van der Waals surface area contributed by atoms with Gasteiger partial charge in [-0.1, -0.05) is 6.92 Å². The van der Waals surface area contributed by atoms with E-state index < -0.39 is 0 Å². The Hall–Kier alpha value is -1.51. The first-order chi connectivity index (χ1) is 8.60. The quantitative estimate of drug-likeness (QED) is 0.723. The average molecular weight is 249 g/mol. The van der Waals surface area contributed by atoms with E-state index in [9.17, 15) is 4.79 Å². The highest BCUT2D eigenvalue weighted by Crippen LogP contribution is 2.18. The summed E-state index contributed by atoms with van der Waals surface area (Å²) in [6, 6.07) is 8.07. The minimum absolute atomic E-state index is 0.240. The Kier molecular flexibility index (Phi) is 5.69. The van der Waals surface area contributed by atoms with Gasteiger partial charge in [-0.2, -0.15) is 0 Å². The number of hydrogen-bond acceptors (Lipinski definition) is 3. The first kappa shape index (κ1) is 14.6. The topological polar surface area (TPSA) is 29.5 Å². The van der Waals surface area contributed by atoms with Crippen molar-refractivity contribution < 1.29 is 9.53 Å². The molecule has 0 unspecified atom stereocenters. The lowest BCUT2D eigenvalue weighted by Crippen LogP contribution is -2.30. The van der Waals surface area contributed by atoms with E-state index in [1.54, 1.807) is 0 Å².